The van der Waals surface area contributed by atoms with Crippen LogP contribution < -0.4 is 14.8 Å². The number of nitrogens with zero attached hydrogens (tertiary/aromatic N) is 2. The molecule has 8 heteroatoms. The molecular weight excluding hydrogens is 426 g/mol. The molecule has 4 bridgehead atoms. The molecule has 5 aliphatic heterocycles. The lowest BCUT2D eigenvalue weighted by Crippen LogP contribution is -2.79. The number of thiophene rings is 1. The molecule has 1 aromatic heterocycles. The summed E-state index contributed by atoms with van der Waals surface area (Å²) < 4.78 is 16.6. The molecule has 4 saturated heterocycles. The maximum atomic E-state index is 12.7. The average molecular weight is 456 g/mol. The second kappa shape index (κ2) is 6.93. The molecule has 1 unspecified atom stereocenters. The van der Waals surface area contributed by atoms with Crippen molar-refractivity contribution in [3.05, 3.63) is 45.6 Å². The lowest BCUT2D eigenvalue weighted by atomic mass is 9.55. The summed E-state index contributed by atoms with van der Waals surface area (Å²) in [7, 11) is 3.12. The quantitative estimate of drug-likeness (QED) is 0.695. The van der Waals surface area contributed by atoms with E-state index in [1.165, 1.54) is 4.88 Å². The first-order valence-electron chi connectivity index (χ1n) is 11.1. The predicted molar refractivity (Wildman–Crippen MR) is 121 cm³/mol. The highest BCUT2D eigenvalue weighted by Crippen LogP contribution is 2.60. The van der Waals surface area contributed by atoms with Gasteiger partial charge in [0, 0.05) is 53.4 Å². The highest BCUT2D eigenvalue weighted by atomic mass is 32.1. The number of carbonyl (C=O) groups excluding carboxylic acids is 1. The molecule has 2 aromatic rings. The summed E-state index contributed by atoms with van der Waals surface area (Å²) >= 11 is 1.89. The third-order valence-corrected chi connectivity index (χ3v) is 8.70. The number of hydrogen-bond acceptors (Lipinski definition) is 8. The Morgan fingerprint density at radius 2 is 1.75 bits per heavy atom. The number of ether oxygens (including phenoxy) is 3. The number of benzene rings is 1. The topological polar surface area (TPSA) is 63.3 Å². The van der Waals surface area contributed by atoms with Crippen molar-refractivity contribution in [3.63, 3.8) is 0 Å². The Morgan fingerprint density at radius 1 is 1.06 bits per heavy atom. The van der Waals surface area contributed by atoms with Gasteiger partial charge in [0.2, 0.25) is 0 Å². The molecule has 5 aliphatic rings. The molecule has 7 rings (SSSR count). The van der Waals surface area contributed by atoms with Gasteiger partial charge in [-0.25, -0.2) is 10.1 Å². The SMILES string of the molecule is COc1ccc2c(c1OC)C(=O)OC2NC1N2CC3(C)CN1CC(C)(C2)C3c1cccs1. The van der Waals surface area contributed by atoms with Gasteiger partial charge in [-0.15, -0.1) is 11.3 Å². The Morgan fingerprint density at radius 3 is 2.31 bits per heavy atom. The Labute approximate surface area is 192 Å². The minimum absolute atomic E-state index is 0.0392. The van der Waals surface area contributed by atoms with Gasteiger partial charge in [-0.1, -0.05) is 19.9 Å². The second-order valence-corrected chi connectivity index (χ2v) is 11.1. The minimum Gasteiger partial charge on any atom is -0.493 e. The molecule has 7 nitrogen and oxygen atoms in total. The van der Waals surface area contributed by atoms with Gasteiger partial charge in [0.25, 0.3) is 0 Å². The third-order valence-electron chi connectivity index (χ3n) is 7.76. The Balaban J connectivity index is 1.28. The van der Waals surface area contributed by atoms with Gasteiger partial charge in [-0.2, -0.15) is 0 Å². The van der Waals surface area contributed by atoms with Crippen molar-refractivity contribution in [1.29, 1.82) is 0 Å². The van der Waals surface area contributed by atoms with E-state index in [-0.39, 0.29) is 23.1 Å². The van der Waals surface area contributed by atoms with Gasteiger partial charge in [0.05, 0.1) is 14.2 Å². The number of piperidine rings is 2. The lowest BCUT2D eigenvalue weighted by molar-refractivity contribution is -0.221. The largest absolute Gasteiger partial charge is 0.493 e. The van der Waals surface area contributed by atoms with Gasteiger partial charge < -0.3 is 14.2 Å². The summed E-state index contributed by atoms with van der Waals surface area (Å²) in [4.78, 5) is 19.3. The van der Waals surface area contributed by atoms with Crippen LogP contribution in [0.2, 0.25) is 0 Å². The van der Waals surface area contributed by atoms with E-state index >= 15 is 0 Å². The number of rotatable bonds is 5. The third kappa shape index (κ3) is 2.73. The van der Waals surface area contributed by atoms with E-state index in [0.29, 0.717) is 23.0 Å². The van der Waals surface area contributed by atoms with Gasteiger partial charge in [-0.05, 0) is 23.6 Å². The molecule has 1 N–H and O–H groups in total. The number of fused-ring (bicyclic) bond motifs is 1. The summed E-state index contributed by atoms with van der Waals surface area (Å²) in [6.45, 7) is 8.98. The van der Waals surface area contributed by atoms with E-state index in [1.807, 2.05) is 23.5 Å². The van der Waals surface area contributed by atoms with Crippen LogP contribution in [-0.4, -0.2) is 62.5 Å². The second-order valence-electron chi connectivity index (χ2n) is 10.2. The van der Waals surface area contributed by atoms with Crippen LogP contribution in [0.1, 0.15) is 46.8 Å². The summed E-state index contributed by atoms with van der Waals surface area (Å²) in [5.41, 5.74) is 1.66. The summed E-state index contributed by atoms with van der Waals surface area (Å²) in [5, 5.41) is 5.84. The standard InChI is InChI=1S/C24H29N3O4S/c1-23-10-26-12-24(2,19(23)16-6-5-9-32-16)13-27(11-23)22(26)25-20-14-7-8-15(29-3)18(30-4)17(14)21(28)31-20/h5-9,19-20,22,25H,10-13H2,1-4H3. The molecule has 1 atom stereocenters. The Bertz CT molecular complexity index is 1030. The van der Waals surface area contributed by atoms with E-state index in [0.717, 1.165) is 31.7 Å². The van der Waals surface area contributed by atoms with E-state index in [9.17, 15) is 4.79 Å². The van der Waals surface area contributed by atoms with Crippen LogP contribution in [0.3, 0.4) is 0 Å². The first-order valence-corrected chi connectivity index (χ1v) is 12.0. The predicted octanol–water partition coefficient (Wildman–Crippen LogP) is 3.25. The van der Waals surface area contributed by atoms with E-state index in [4.69, 9.17) is 14.2 Å². The van der Waals surface area contributed by atoms with Crippen molar-refractivity contribution in [1.82, 2.24) is 15.1 Å². The van der Waals surface area contributed by atoms with Crippen molar-refractivity contribution >= 4 is 17.3 Å². The van der Waals surface area contributed by atoms with Gasteiger partial charge in [0.15, 0.2) is 17.7 Å². The molecule has 0 aliphatic carbocycles. The van der Waals surface area contributed by atoms with Gasteiger partial charge in [-0.3, -0.25) is 9.80 Å². The van der Waals surface area contributed by atoms with Crippen LogP contribution in [0.5, 0.6) is 11.5 Å². The average Bonchev–Trinajstić information content (AvgIpc) is 3.36. The maximum absolute atomic E-state index is 12.7. The van der Waals surface area contributed by atoms with Crippen LogP contribution in [0.4, 0.5) is 0 Å². The van der Waals surface area contributed by atoms with Crippen LogP contribution in [0, 0.1) is 10.8 Å². The normalized spacial score (nSPS) is 39.1. The highest BCUT2D eigenvalue weighted by molar-refractivity contribution is 7.10. The van der Waals surface area contributed by atoms with Crippen molar-refractivity contribution < 1.29 is 19.0 Å². The van der Waals surface area contributed by atoms with Crippen molar-refractivity contribution in [2.45, 2.75) is 32.3 Å². The zero-order valence-corrected chi connectivity index (χ0v) is 19.7. The fraction of sp³-hybridized carbons (Fsp3) is 0.542. The first-order chi connectivity index (χ1) is 15.4. The zero-order valence-electron chi connectivity index (χ0n) is 18.9. The number of esters is 1. The van der Waals surface area contributed by atoms with Crippen LogP contribution >= 0.6 is 11.3 Å². The van der Waals surface area contributed by atoms with Crippen molar-refractivity contribution in [2.24, 2.45) is 10.8 Å². The minimum atomic E-state index is -0.506. The molecule has 170 valence electrons. The summed E-state index contributed by atoms with van der Waals surface area (Å²) in [6, 6.07) is 8.22. The number of methoxy groups -OCH3 is 2. The highest BCUT2D eigenvalue weighted by Gasteiger charge is 2.63. The molecule has 0 spiro atoms. The van der Waals surface area contributed by atoms with E-state index in [2.05, 4.69) is 46.5 Å². The summed E-state index contributed by atoms with van der Waals surface area (Å²) in [6.07, 6.45) is -0.467. The number of nitrogens with one attached hydrogen (secondary N) is 1. The molecule has 4 fully saturated rings. The molecule has 0 radical (unpaired) electrons. The molecule has 0 saturated carbocycles. The molecule has 32 heavy (non-hydrogen) atoms. The van der Waals surface area contributed by atoms with Gasteiger partial charge in [0.1, 0.15) is 11.9 Å². The number of hydrogen-bond donors (Lipinski definition) is 1. The molecule has 0 amide bonds. The fourth-order valence-corrected chi connectivity index (χ4v) is 8.24. The first kappa shape index (κ1) is 20.5. The fourth-order valence-electron chi connectivity index (χ4n) is 7.06. The zero-order chi connectivity index (χ0) is 22.3. The van der Waals surface area contributed by atoms with Gasteiger partial charge >= 0.3 is 5.97 Å². The van der Waals surface area contributed by atoms with Crippen LogP contribution in [0.25, 0.3) is 0 Å². The lowest BCUT2D eigenvalue weighted by Gasteiger charge is -2.69. The number of carbonyl (C=O) groups is 1. The molecule has 1 aromatic carbocycles. The monoisotopic (exact) mass is 455 g/mol. The molecule has 6 heterocycles. The van der Waals surface area contributed by atoms with Crippen molar-refractivity contribution in [3.8, 4) is 11.5 Å². The Kier molecular flexibility index (Phi) is 4.44. The van der Waals surface area contributed by atoms with Crippen LogP contribution in [0.15, 0.2) is 29.6 Å². The maximum Gasteiger partial charge on any atom is 0.344 e. The number of cyclic esters (lactones) is 1. The van der Waals surface area contributed by atoms with E-state index in [1.54, 1.807) is 14.2 Å². The smallest absolute Gasteiger partial charge is 0.344 e. The summed E-state index contributed by atoms with van der Waals surface area (Å²) in [5.74, 6) is 1.17. The Hall–Kier alpha value is -2.13. The molecular formula is C24H29N3O4S. The van der Waals surface area contributed by atoms with E-state index < -0.39 is 6.23 Å². The van der Waals surface area contributed by atoms with Crippen LogP contribution in [-0.2, 0) is 4.74 Å². The van der Waals surface area contributed by atoms with Crippen molar-refractivity contribution in [2.75, 3.05) is 40.4 Å².